The number of hydrogen-bond donors (Lipinski definition) is 1. The molecule has 78 valence electrons. The second-order valence-corrected chi connectivity index (χ2v) is 6.15. The first-order chi connectivity index (χ1) is 6.44. The van der Waals surface area contributed by atoms with Crippen molar-refractivity contribution in [3.05, 3.63) is 23.4 Å². The lowest BCUT2D eigenvalue weighted by molar-refractivity contribution is 0.795. The van der Waals surface area contributed by atoms with Crippen LogP contribution in [-0.4, -0.2) is 9.73 Å². The summed E-state index contributed by atoms with van der Waals surface area (Å²) < 4.78 is 0.185. The molecule has 0 fully saturated rings. The molecule has 0 aliphatic heterocycles. The van der Waals surface area contributed by atoms with Crippen molar-refractivity contribution in [3.63, 3.8) is 0 Å². The van der Waals surface area contributed by atoms with Crippen LogP contribution in [0.4, 0.5) is 0 Å². The number of nitrogens with zero attached hydrogens (tertiary/aromatic N) is 1. The van der Waals surface area contributed by atoms with Crippen molar-refractivity contribution in [2.75, 3.05) is 0 Å². The summed E-state index contributed by atoms with van der Waals surface area (Å²) in [7, 11) is 0. The number of aromatic nitrogens is 1. The summed E-state index contributed by atoms with van der Waals surface area (Å²) in [5.74, 6) is 0. The molecule has 0 aliphatic rings. The van der Waals surface area contributed by atoms with Crippen LogP contribution < -0.4 is 5.73 Å². The Labute approximate surface area is 90.3 Å². The second kappa shape index (κ2) is 4.32. The molecular formula is C11H18N2S. The molecule has 0 aromatic carbocycles. The quantitative estimate of drug-likeness (QED) is 0.763. The maximum atomic E-state index is 5.72. The highest BCUT2D eigenvalue weighted by Crippen LogP contribution is 2.33. The summed E-state index contributed by atoms with van der Waals surface area (Å²) >= 11 is 1.77. The molecular weight excluding hydrogens is 192 g/mol. The van der Waals surface area contributed by atoms with Gasteiger partial charge >= 0.3 is 0 Å². The van der Waals surface area contributed by atoms with E-state index >= 15 is 0 Å². The number of pyridine rings is 1. The molecule has 1 rings (SSSR count). The van der Waals surface area contributed by atoms with E-state index in [1.807, 2.05) is 12.3 Å². The fraction of sp³-hybridized carbons (Fsp3) is 0.545. The van der Waals surface area contributed by atoms with Crippen LogP contribution in [0.15, 0.2) is 17.3 Å². The molecule has 0 saturated heterocycles. The highest BCUT2D eigenvalue weighted by atomic mass is 32.2. The van der Waals surface area contributed by atoms with Crippen molar-refractivity contribution in [1.29, 1.82) is 0 Å². The first-order valence-electron chi connectivity index (χ1n) is 4.77. The van der Waals surface area contributed by atoms with Crippen molar-refractivity contribution >= 4 is 11.8 Å². The van der Waals surface area contributed by atoms with Crippen molar-refractivity contribution < 1.29 is 0 Å². The van der Waals surface area contributed by atoms with Gasteiger partial charge in [0, 0.05) is 23.1 Å². The number of thioether (sulfide) groups is 1. The molecule has 2 N–H and O–H groups in total. The van der Waals surface area contributed by atoms with E-state index in [-0.39, 0.29) is 4.75 Å². The monoisotopic (exact) mass is 210 g/mol. The molecule has 14 heavy (non-hydrogen) atoms. The number of rotatable bonds is 2. The lowest BCUT2D eigenvalue weighted by Crippen LogP contribution is -2.10. The molecule has 3 heteroatoms. The van der Waals surface area contributed by atoms with E-state index in [2.05, 4.69) is 32.7 Å². The zero-order valence-electron chi connectivity index (χ0n) is 9.29. The molecule has 0 spiro atoms. The van der Waals surface area contributed by atoms with Gasteiger partial charge in [-0.25, -0.2) is 4.98 Å². The lowest BCUT2D eigenvalue weighted by Gasteiger charge is -2.19. The van der Waals surface area contributed by atoms with E-state index in [0.717, 1.165) is 5.03 Å². The number of aryl methyl sites for hydroxylation is 1. The van der Waals surface area contributed by atoms with Crippen LogP contribution in [0.1, 0.15) is 31.9 Å². The van der Waals surface area contributed by atoms with Gasteiger partial charge in [-0.05, 0) is 18.6 Å². The first kappa shape index (κ1) is 11.5. The predicted molar refractivity (Wildman–Crippen MR) is 62.5 cm³/mol. The molecule has 1 heterocycles. The molecule has 1 aromatic heterocycles. The molecule has 0 amide bonds. The summed E-state index contributed by atoms with van der Waals surface area (Å²) in [4.78, 5) is 4.38. The van der Waals surface area contributed by atoms with Crippen LogP contribution in [-0.2, 0) is 6.54 Å². The van der Waals surface area contributed by atoms with Gasteiger partial charge in [0.25, 0.3) is 0 Å². The molecule has 0 aliphatic carbocycles. The fourth-order valence-corrected chi connectivity index (χ4v) is 2.25. The predicted octanol–water partition coefficient (Wildman–Crippen LogP) is 2.74. The van der Waals surface area contributed by atoms with E-state index in [9.17, 15) is 0 Å². The summed E-state index contributed by atoms with van der Waals surface area (Å²) in [6, 6.07) is 2.01. The van der Waals surface area contributed by atoms with Crippen molar-refractivity contribution in [1.82, 2.24) is 4.98 Å². The highest BCUT2D eigenvalue weighted by Gasteiger charge is 2.16. The van der Waals surface area contributed by atoms with Gasteiger partial charge in [-0.3, -0.25) is 0 Å². The van der Waals surface area contributed by atoms with Gasteiger partial charge in [0.05, 0.1) is 0 Å². The van der Waals surface area contributed by atoms with Gasteiger partial charge in [-0.2, -0.15) is 0 Å². The molecule has 0 saturated carbocycles. The van der Waals surface area contributed by atoms with E-state index in [0.29, 0.717) is 6.54 Å². The van der Waals surface area contributed by atoms with Gasteiger partial charge in [0.15, 0.2) is 0 Å². The summed E-state index contributed by atoms with van der Waals surface area (Å²) in [5, 5.41) is 1.07. The van der Waals surface area contributed by atoms with E-state index in [1.165, 1.54) is 11.1 Å². The largest absolute Gasteiger partial charge is 0.326 e. The van der Waals surface area contributed by atoms with Crippen molar-refractivity contribution in [3.8, 4) is 0 Å². The maximum absolute atomic E-state index is 5.72. The Morgan fingerprint density at radius 3 is 2.57 bits per heavy atom. The lowest BCUT2D eigenvalue weighted by atomic mass is 10.2. The molecule has 0 bridgehead atoms. The molecule has 2 nitrogen and oxygen atoms in total. The van der Waals surface area contributed by atoms with E-state index in [1.54, 1.807) is 11.8 Å². The molecule has 1 aromatic rings. The van der Waals surface area contributed by atoms with Gasteiger partial charge < -0.3 is 5.73 Å². The molecule has 0 unspecified atom stereocenters. The topological polar surface area (TPSA) is 38.9 Å². The van der Waals surface area contributed by atoms with Crippen molar-refractivity contribution in [2.45, 2.75) is 44.0 Å². The number of nitrogens with two attached hydrogens (primary N) is 1. The highest BCUT2D eigenvalue weighted by molar-refractivity contribution is 8.00. The normalized spacial score (nSPS) is 11.8. The minimum Gasteiger partial charge on any atom is -0.326 e. The Morgan fingerprint density at radius 1 is 1.43 bits per heavy atom. The minimum absolute atomic E-state index is 0.185. The third-order valence-corrected chi connectivity index (χ3v) is 3.02. The van der Waals surface area contributed by atoms with Crippen LogP contribution in [0, 0.1) is 6.92 Å². The van der Waals surface area contributed by atoms with Crippen LogP contribution in [0.3, 0.4) is 0 Å². The smallest absolute Gasteiger partial charge is 0.101 e. The van der Waals surface area contributed by atoms with Crippen molar-refractivity contribution in [2.24, 2.45) is 5.73 Å². The Morgan fingerprint density at radius 2 is 2.07 bits per heavy atom. The van der Waals surface area contributed by atoms with Crippen LogP contribution in [0.2, 0.25) is 0 Å². The van der Waals surface area contributed by atoms with E-state index in [4.69, 9.17) is 5.73 Å². The third kappa shape index (κ3) is 3.00. The Hall–Kier alpha value is -0.540. The first-order valence-corrected chi connectivity index (χ1v) is 5.59. The number of hydrogen-bond acceptors (Lipinski definition) is 3. The van der Waals surface area contributed by atoms with E-state index < -0.39 is 0 Å². The third-order valence-electron chi connectivity index (χ3n) is 1.86. The minimum atomic E-state index is 0.185. The Bertz CT molecular complexity index is 316. The summed E-state index contributed by atoms with van der Waals surface area (Å²) in [5.41, 5.74) is 8.12. The van der Waals surface area contributed by atoms with Crippen LogP contribution in [0.25, 0.3) is 0 Å². The van der Waals surface area contributed by atoms with Crippen LogP contribution in [0.5, 0.6) is 0 Å². The molecule has 0 atom stereocenters. The van der Waals surface area contributed by atoms with Gasteiger partial charge in [0.1, 0.15) is 5.03 Å². The second-order valence-electron chi connectivity index (χ2n) is 4.33. The SMILES string of the molecule is Cc1ccnc(SC(C)(C)C)c1CN. The molecule has 0 radical (unpaired) electrons. The maximum Gasteiger partial charge on any atom is 0.101 e. The summed E-state index contributed by atoms with van der Waals surface area (Å²) in [6.07, 6.45) is 1.85. The van der Waals surface area contributed by atoms with Gasteiger partial charge in [0.2, 0.25) is 0 Å². The Kier molecular flexibility index (Phi) is 3.56. The van der Waals surface area contributed by atoms with Crippen LogP contribution >= 0.6 is 11.8 Å². The van der Waals surface area contributed by atoms with Gasteiger partial charge in [-0.1, -0.05) is 20.8 Å². The summed E-state index contributed by atoms with van der Waals surface area (Å²) in [6.45, 7) is 9.20. The fourth-order valence-electron chi connectivity index (χ4n) is 1.19. The zero-order valence-corrected chi connectivity index (χ0v) is 10.1. The standard InChI is InChI=1S/C11H18N2S/c1-8-5-6-13-10(9(8)7-12)14-11(2,3)4/h5-6H,7,12H2,1-4H3. The Balaban J connectivity index is 3.02. The average molecular weight is 210 g/mol. The van der Waals surface area contributed by atoms with Gasteiger partial charge in [-0.15, -0.1) is 11.8 Å². The zero-order chi connectivity index (χ0) is 10.8. The average Bonchev–Trinajstić information content (AvgIpc) is 2.01.